The SMILES string of the molecule is C#CCOC[C@@H](O)COc1c(F)cc(C2(c3cc(F)c(OC[C@H](O)COCCl)c(F)c3)CCCCC2)cc1F. The van der Waals surface area contributed by atoms with Gasteiger partial charge in [0.25, 0.3) is 0 Å². The van der Waals surface area contributed by atoms with Crippen molar-refractivity contribution in [2.45, 2.75) is 49.7 Å². The molecule has 2 aromatic carbocycles. The molecule has 0 aromatic heterocycles. The molecule has 0 spiro atoms. The first-order valence-corrected chi connectivity index (χ1v) is 13.0. The summed E-state index contributed by atoms with van der Waals surface area (Å²) in [6.07, 6.45) is 5.78. The molecule has 1 saturated carbocycles. The van der Waals surface area contributed by atoms with Gasteiger partial charge in [-0.05, 0) is 48.2 Å². The van der Waals surface area contributed by atoms with Crippen molar-refractivity contribution in [1.82, 2.24) is 0 Å². The highest BCUT2D eigenvalue weighted by molar-refractivity contribution is 6.17. The second-order valence-corrected chi connectivity index (χ2v) is 9.53. The Morgan fingerprint density at radius 3 is 1.62 bits per heavy atom. The van der Waals surface area contributed by atoms with Crippen molar-refractivity contribution in [3.05, 3.63) is 58.7 Å². The van der Waals surface area contributed by atoms with Gasteiger partial charge in [0.15, 0.2) is 34.8 Å². The van der Waals surface area contributed by atoms with Crippen molar-refractivity contribution in [3.8, 4) is 23.8 Å². The zero-order valence-electron chi connectivity index (χ0n) is 21.2. The highest BCUT2D eigenvalue weighted by Gasteiger charge is 2.38. The van der Waals surface area contributed by atoms with E-state index in [1.165, 1.54) is 0 Å². The van der Waals surface area contributed by atoms with Crippen LogP contribution >= 0.6 is 11.6 Å². The fraction of sp³-hybridized carbons (Fsp3) is 0.500. The summed E-state index contributed by atoms with van der Waals surface area (Å²) < 4.78 is 80.4. The summed E-state index contributed by atoms with van der Waals surface area (Å²) >= 11 is 5.38. The zero-order valence-corrected chi connectivity index (χ0v) is 22.0. The molecule has 0 saturated heterocycles. The monoisotopic (exact) mass is 574 g/mol. The van der Waals surface area contributed by atoms with E-state index in [2.05, 4.69) is 5.92 Å². The van der Waals surface area contributed by atoms with Gasteiger partial charge in [0, 0.05) is 5.41 Å². The summed E-state index contributed by atoms with van der Waals surface area (Å²) in [6, 6.07) is 4.22. The van der Waals surface area contributed by atoms with E-state index in [0.29, 0.717) is 25.7 Å². The van der Waals surface area contributed by atoms with Crippen LogP contribution in [0, 0.1) is 35.6 Å². The zero-order chi connectivity index (χ0) is 28.4. The largest absolute Gasteiger partial charge is 0.485 e. The average molecular weight is 575 g/mol. The van der Waals surface area contributed by atoms with Gasteiger partial charge < -0.3 is 29.2 Å². The highest BCUT2D eigenvalue weighted by Crippen LogP contribution is 2.47. The van der Waals surface area contributed by atoms with E-state index in [0.717, 1.165) is 30.7 Å². The van der Waals surface area contributed by atoms with Crippen LogP contribution in [0.1, 0.15) is 43.2 Å². The van der Waals surface area contributed by atoms with E-state index in [9.17, 15) is 10.2 Å². The van der Waals surface area contributed by atoms with Crippen molar-refractivity contribution in [1.29, 1.82) is 0 Å². The third-order valence-electron chi connectivity index (χ3n) is 6.53. The Morgan fingerprint density at radius 2 is 1.21 bits per heavy atom. The van der Waals surface area contributed by atoms with Crippen LogP contribution < -0.4 is 9.47 Å². The van der Waals surface area contributed by atoms with Gasteiger partial charge in [-0.25, -0.2) is 17.6 Å². The van der Waals surface area contributed by atoms with Crippen LogP contribution in [0.4, 0.5) is 17.6 Å². The lowest BCUT2D eigenvalue weighted by atomic mass is 9.65. The Bertz CT molecular complexity index is 1090. The number of rotatable bonds is 14. The number of terminal acetylenes is 1. The number of benzene rings is 2. The summed E-state index contributed by atoms with van der Waals surface area (Å²) in [4.78, 5) is 0. The summed E-state index contributed by atoms with van der Waals surface area (Å²) in [5.74, 6) is -3.18. The molecular formula is C28H31ClF4O6. The molecule has 1 aliphatic carbocycles. The molecule has 0 bridgehead atoms. The lowest BCUT2D eigenvalue weighted by Crippen LogP contribution is -2.31. The van der Waals surface area contributed by atoms with Gasteiger partial charge in [-0.3, -0.25) is 0 Å². The van der Waals surface area contributed by atoms with Crippen molar-refractivity contribution >= 4 is 11.6 Å². The molecule has 0 aliphatic heterocycles. The summed E-state index contributed by atoms with van der Waals surface area (Å²) in [5, 5.41) is 19.7. The third-order valence-corrected chi connectivity index (χ3v) is 6.69. The van der Waals surface area contributed by atoms with E-state index in [1.54, 1.807) is 0 Å². The Labute approximate surface area is 229 Å². The maximum atomic E-state index is 15.1. The van der Waals surface area contributed by atoms with Gasteiger partial charge in [-0.2, -0.15) is 0 Å². The molecule has 6 nitrogen and oxygen atoms in total. The van der Waals surface area contributed by atoms with Crippen molar-refractivity contribution in [3.63, 3.8) is 0 Å². The second-order valence-electron chi connectivity index (χ2n) is 9.31. The molecule has 0 amide bonds. The maximum Gasteiger partial charge on any atom is 0.190 e. The van der Waals surface area contributed by atoms with E-state index < -0.39 is 65.6 Å². The number of hydrogen-bond acceptors (Lipinski definition) is 6. The smallest absolute Gasteiger partial charge is 0.190 e. The molecule has 0 heterocycles. The summed E-state index contributed by atoms with van der Waals surface area (Å²) in [7, 11) is 0. The van der Waals surface area contributed by atoms with Gasteiger partial charge in [0.05, 0.1) is 13.2 Å². The van der Waals surface area contributed by atoms with Crippen LogP contribution in [0.15, 0.2) is 24.3 Å². The van der Waals surface area contributed by atoms with Crippen molar-refractivity contribution < 1.29 is 46.7 Å². The number of ether oxygens (including phenoxy) is 4. The minimum Gasteiger partial charge on any atom is -0.485 e. The van der Waals surface area contributed by atoms with Gasteiger partial charge in [-0.15, -0.1) is 6.42 Å². The van der Waals surface area contributed by atoms with Gasteiger partial charge in [0.2, 0.25) is 0 Å². The predicted octanol–water partition coefficient (Wildman–Crippen LogP) is 4.84. The molecule has 2 aromatic rings. The topological polar surface area (TPSA) is 77.4 Å². The molecule has 0 radical (unpaired) electrons. The normalized spacial score (nSPS) is 16.4. The second kappa shape index (κ2) is 14.7. The predicted molar refractivity (Wildman–Crippen MR) is 136 cm³/mol. The van der Waals surface area contributed by atoms with Gasteiger partial charge in [-0.1, -0.05) is 36.8 Å². The lowest BCUT2D eigenvalue weighted by Gasteiger charge is -2.39. The van der Waals surface area contributed by atoms with Crippen LogP contribution in [0.3, 0.4) is 0 Å². The molecule has 1 fully saturated rings. The van der Waals surface area contributed by atoms with Gasteiger partial charge >= 0.3 is 0 Å². The Hall–Kier alpha value is -2.55. The van der Waals surface area contributed by atoms with Crippen LogP contribution in [0.25, 0.3) is 0 Å². The molecule has 214 valence electrons. The molecule has 1 aliphatic rings. The Balaban J connectivity index is 1.86. The highest BCUT2D eigenvalue weighted by atomic mass is 35.5. The molecule has 2 atom stereocenters. The first-order valence-electron chi connectivity index (χ1n) is 12.5. The fourth-order valence-electron chi connectivity index (χ4n) is 4.74. The van der Waals surface area contributed by atoms with Crippen LogP contribution in [0.2, 0.25) is 0 Å². The lowest BCUT2D eigenvalue weighted by molar-refractivity contribution is 0.0211. The molecular weight excluding hydrogens is 544 g/mol. The molecule has 39 heavy (non-hydrogen) atoms. The number of aliphatic hydroxyl groups excluding tert-OH is 2. The number of halogens is 5. The van der Waals surface area contributed by atoms with E-state index in [-0.39, 0.29) is 37.0 Å². The van der Waals surface area contributed by atoms with Crippen molar-refractivity contribution in [2.75, 3.05) is 39.1 Å². The Kier molecular flexibility index (Phi) is 11.7. The minimum absolute atomic E-state index is 0.0314. The molecule has 2 N–H and O–H groups in total. The summed E-state index contributed by atoms with van der Waals surface area (Å²) in [6.45, 7) is -1.25. The van der Waals surface area contributed by atoms with Crippen LogP contribution in [-0.2, 0) is 14.9 Å². The standard InChI is InChI=1S/C28H31ClF4O6/c1-2-8-36-13-20(34)15-38-26-22(30)9-18(10-23(26)31)28(6-4-3-5-7-28)19-11-24(32)27(25(33)12-19)39-16-21(35)14-37-17-29/h1,9-12,20-21,34-35H,3-8,13-17H2/t20-,21-/m1/s1. The van der Waals surface area contributed by atoms with Crippen LogP contribution in [0.5, 0.6) is 11.5 Å². The average Bonchev–Trinajstić information content (AvgIpc) is 2.91. The minimum atomic E-state index is -1.16. The molecule has 3 rings (SSSR count). The number of alkyl halides is 1. The van der Waals surface area contributed by atoms with E-state index >= 15 is 17.6 Å². The summed E-state index contributed by atoms with van der Waals surface area (Å²) in [5.41, 5.74) is -0.637. The van der Waals surface area contributed by atoms with Crippen LogP contribution in [-0.4, -0.2) is 61.5 Å². The number of aliphatic hydroxyl groups is 2. The first-order chi connectivity index (χ1) is 18.7. The molecule has 11 heteroatoms. The van der Waals surface area contributed by atoms with Crippen molar-refractivity contribution in [2.24, 2.45) is 0 Å². The quantitative estimate of drug-likeness (QED) is 0.146. The fourth-order valence-corrected chi connectivity index (χ4v) is 4.83. The van der Waals surface area contributed by atoms with E-state index in [4.69, 9.17) is 37.0 Å². The maximum absolute atomic E-state index is 15.1. The first kappa shape index (κ1) is 31.0. The third kappa shape index (κ3) is 7.99. The Morgan fingerprint density at radius 1 is 0.769 bits per heavy atom. The van der Waals surface area contributed by atoms with E-state index in [1.807, 2.05) is 0 Å². The van der Waals surface area contributed by atoms with Gasteiger partial charge in [0.1, 0.15) is 38.1 Å². The number of hydrogen-bond donors (Lipinski definition) is 2. The molecule has 0 unspecified atom stereocenters.